The number of anilines is 1. The summed E-state index contributed by atoms with van der Waals surface area (Å²) >= 11 is 0. The van der Waals surface area contributed by atoms with E-state index >= 15 is 0 Å². The van der Waals surface area contributed by atoms with E-state index < -0.39 is 13.6 Å². The molecule has 0 aromatic carbocycles. The summed E-state index contributed by atoms with van der Waals surface area (Å²) in [5, 5.41) is 0. The zero-order valence-corrected chi connectivity index (χ0v) is 17.6. The summed E-state index contributed by atoms with van der Waals surface area (Å²) in [6, 6.07) is 0. The van der Waals surface area contributed by atoms with Crippen LogP contribution in [0, 0.1) is 0 Å². The highest BCUT2D eigenvalue weighted by atomic mass is 28.3. The van der Waals surface area contributed by atoms with Crippen LogP contribution in [-0.2, 0) is 0 Å². The van der Waals surface area contributed by atoms with Crippen LogP contribution in [0.25, 0.3) is 11.2 Å². The molecule has 0 aliphatic heterocycles. The number of H-pyrrole nitrogens is 1. The van der Waals surface area contributed by atoms with Gasteiger partial charge in [0.2, 0.25) is 5.95 Å². The first-order valence-corrected chi connectivity index (χ1v) is 11.4. The highest BCUT2D eigenvalue weighted by Crippen LogP contribution is 2.49. The molecule has 26 heavy (non-hydrogen) atoms. The average molecular weight is 376 g/mol. The molecule has 2 heterocycles. The average Bonchev–Trinajstić information content (AvgIpc) is 2.53. The van der Waals surface area contributed by atoms with E-state index in [4.69, 9.17) is 5.73 Å². The lowest BCUT2D eigenvalue weighted by Crippen LogP contribution is -2.50. The second-order valence-electron chi connectivity index (χ2n) is 7.93. The number of fused-ring (bicyclic) bond motifs is 1. The number of carbonyl (C=O) groups is 1. The monoisotopic (exact) mass is 375 g/mol. The van der Waals surface area contributed by atoms with Crippen molar-refractivity contribution in [2.24, 2.45) is 0 Å². The zero-order chi connectivity index (χ0) is 19.8. The second kappa shape index (κ2) is 7.26. The predicted octanol–water partition coefficient (Wildman–Crippen LogP) is 3.55. The Morgan fingerprint density at radius 2 is 1.58 bits per heavy atom. The second-order valence-corrected chi connectivity index (χ2v) is 14.3. The van der Waals surface area contributed by atoms with Gasteiger partial charge in [0.05, 0.1) is 14.3 Å². The van der Waals surface area contributed by atoms with E-state index in [1.165, 1.54) is 6.20 Å². The Hall–Kier alpha value is -2.09. The van der Waals surface area contributed by atoms with Crippen molar-refractivity contribution in [3.05, 3.63) is 22.2 Å². The van der Waals surface area contributed by atoms with Gasteiger partial charge in [0.15, 0.2) is 16.9 Å². The minimum absolute atomic E-state index is 0.0184. The summed E-state index contributed by atoms with van der Waals surface area (Å²) in [5.74, 6) is -0.0616. The number of nitrogens with zero attached hydrogens (tertiary/aromatic N) is 3. The Bertz CT molecular complexity index is 854. The largest absolute Gasteiger partial charge is 0.369 e. The number of Topliss-reactive ketones (excluding diaryl/α,β-unsaturated/α-hetero) is 1. The predicted molar refractivity (Wildman–Crippen MR) is 107 cm³/mol. The normalized spacial score (nSPS) is 13.8. The molecule has 1 atom stereocenters. The van der Waals surface area contributed by atoms with E-state index in [-0.39, 0.29) is 34.1 Å². The van der Waals surface area contributed by atoms with Crippen LogP contribution in [0.1, 0.15) is 59.0 Å². The van der Waals surface area contributed by atoms with Crippen LogP contribution in [-0.4, -0.2) is 33.8 Å². The van der Waals surface area contributed by atoms with Crippen LogP contribution >= 0.6 is 0 Å². The van der Waals surface area contributed by atoms with Crippen LogP contribution in [0.2, 0.25) is 22.2 Å². The van der Waals surface area contributed by atoms with E-state index in [1.807, 2.05) is 6.92 Å². The van der Waals surface area contributed by atoms with E-state index in [2.05, 4.69) is 61.5 Å². The molecule has 7 nitrogen and oxygen atoms in total. The van der Waals surface area contributed by atoms with Crippen LogP contribution in [0.4, 0.5) is 5.95 Å². The number of hydrogen-bond donors (Lipinski definition) is 2. The molecule has 0 aliphatic carbocycles. The number of aromatic nitrogens is 4. The lowest BCUT2D eigenvalue weighted by molar-refractivity contribution is 0.0978. The van der Waals surface area contributed by atoms with Gasteiger partial charge in [0.25, 0.3) is 5.56 Å². The van der Waals surface area contributed by atoms with Gasteiger partial charge in [-0.05, 0) is 16.6 Å². The number of nitrogens with one attached hydrogen (secondary N) is 1. The molecule has 0 bridgehead atoms. The van der Waals surface area contributed by atoms with Crippen molar-refractivity contribution >= 4 is 31.0 Å². The fraction of sp³-hybridized carbons (Fsp3) is 0.611. The molecular formula is C18H29N5O2Si. The molecule has 8 heteroatoms. The van der Waals surface area contributed by atoms with Crippen molar-refractivity contribution < 1.29 is 4.79 Å². The van der Waals surface area contributed by atoms with Gasteiger partial charge < -0.3 is 5.73 Å². The first kappa shape index (κ1) is 20.2. The first-order valence-electron chi connectivity index (χ1n) is 9.10. The number of hydrogen-bond acceptors (Lipinski definition) is 6. The van der Waals surface area contributed by atoms with Crippen LogP contribution < -0.4 is 11.3 Å². The molecule has 142 valence electrons. The highest BCUT2D eigenvalue weighted by molar-refractivity contribution is 6.87. The van der Waals surface area contributed by atoms with Crippen LogP contribution in [0.3, 0.4) is 0 Å². The molecule has 3 N–H and O–H groups in total. The molecule has 0 spiro atoms. The molecule has 0 amide bonds. The smallest absolute Gasteiger partial charge is 0.280 e. The number of aromatic amines is 1. The van der Waals surface area contributed by atoms with Crippen LogP contribution in [0.5, 0.6) is 0 Å². The number of nitrogen functional groups attached to an aromatic ring is 1. The maximum absolute atomic E-state index is 13.3. The lowest BCUT2D eigenvalue weighted by atomic mass is 10.2. The summed E-state index contributed by atoms with van der Waals surface area (Å²) in [6.07, 6.45) is 1.41. The van der Waals surface area contributed by atoms with Gasteiger partial charge in [-0.2, -0.15) is 4.98 Å². The van der Waals surface area contributed by atoms with Gasteiger partial charge >= 0.3 is 0 Å². The molecule has 2 rings (SSSR count). The SMILES string of the molecule is CC(C)[Si](C(C)C)(C(C)C)[C@@H](C)C(=O)c1cnc2nc(N)[nH]c(=O)c2n1. The van der Waals surface area contributed by atoms with E-state index in [1.54, 1.807) is 0 Å². The van der Waals surface area contributed by atoms with E-state index in [0.29, 0.717) is 16.6 Å². The van der Waals surface area contributed by atoms with Crippen molar-refractivity contribution in [2.75, 3.05) is 5.73 Å². The Balaban J connectivity index is 2.56. The molecule has 0 unspecified atom stereocenters. The summed E-state index contributed by atoms with van der Waals surface area (Å²) in [4.78, 5) is 40.2. The van der Waals surface area contributed by atoms with Crippen molar-refractivity contribution in [3.63, 3.8) is 0 Å². The molecule has 0 fully saturated rings. The summed E-state index contributed by atoms with van der Waals surface area (Å²) in [5.41, 5.74) is 6.67. The zero-order valence-electron chi connectivity index (χ0n) is 16.6. The van der Waals surface area contributed by atoms with Crippen LogP contribution in [0.15, 0.2) is 11.0 Å². The van der Waals surface area contributed by atoms with Gasteiger partial charge in [-0.15, -0.1) is 0 Å². The minimum Gasteiger partial charge on any atom is -0.369 e. The number of carbonyl (C=O) groups excluding carboxylic acids is 1. The maximum Gasteiger partial charge on any atom is 0.280 e. The van der Waals surface area contributed by atoms with Crippen molar-refractivity contribution in [3.8, 4) is 0 Å². The highest BCUT2D eigenvalue weighted by Gasteiger charge is 2.49. The number of ketones is 1. The van der Waals surface area contributed by atoms with Crippen molar-refractivity contribution in [2.45, 2.75) is 70.6 Å². The molecule has 0 saturated carbocycles. The molecule has 0 saturated heterocycles. The topological polar surface area (TPSA) is 115 Å². The third-order valence-corrected chi connectivity index (χ3v) is 13.6. The maximum atomic E-state index is 13.3. The Morgan fingerprint density at radius 3 is 2.08 bits per heavy atom. The van der Waals surface area contributed by atoms with Gasteiger partial charge in [0.1, 0.15) is 5.69 Å². The Labute approximate surface area is 154 Å². The lowest BCUT2D eigenvalue weighted by Gasteiger charge is -2.47. The molecule has 0 aliphatic rings. The number of nitrogens with two attached hydrogens (primary N) is 1. The Morgan fingerprint density at radius 1 is 1.04 bits per heavy atom. The Kier molecular flexibility index (Phi) is 5.65. The quantitative estimate of drug-likeness (QED) is 0.589. The summed E-state index contributed by atoms with van der Waals surface area (Å²) in [7, 11) is -2.01. The van der Waals surface area contributed by atoms with Gasteiger partial charge in [-0.3, -0.25) is 14.6 Å². The van der Waals surface area contributed by atoms with E-state index in [9.17, 15) is 9.59 Å². The van der Waals surface area contributed by atoms with Gasteiger partial charge in [0, 0.05) is 5.54 Å². The van der Waals surface area contributed by atoms with E-state index in [0.717, 1.165) is 0 Å². The molecular weight excluding hydrogens is 346 g/mol. The molecule has 2 aromatic rings. The third kappa shape index (κ3) is 3.18. The first-order chi connectivity index (χ1) is 12.0. The van der Waals surface area contributed by atoms with Crippen molar-refractivity contribution in [1.29, 1.82) is 0 Å². The third-order valence-electron chi connectivity index (χ3n) is 5.83. The van der Waals surface area contributed by atoms with Gasteiger partial charge in [-0.1, -0.05) is 48.5 Å². The summed E-state index contributed by atoms with van der Waals surface area (Å²) < 4.78 is 0. The minimum atomic E-state index is -2.01. The fourth-order valence-corrected chi connectivity index (χ4v) is 12.6. The summed E-state index contributed by atoms with van der Waals surface area (Å²) in [6.45, 7) is 15.3. The van der Waals surface area contributed by atoms with Gasteiger partial charge in [-0.25, -0.2) is 9.97 Å². The fourth-order valence-electron chi connectivity index (χ4n) is 5.00. The number of rotatable bonds is 6. The molecule has 0 radical (unpaired) electrons. The van der Waals surface area contributed by atoms with Crippen molar-refractivity contribution in [1.82, 2.24) is 19.9 Å². The molecule has 2 aromatic heterocycles. The standard InChI is InChI=1S/C18H29N5O2Si/c1-9(2)26(10(3)4,11(5)6)12(7)15(24)13-8-20-16-14(21-13)17(25)23-18(19)22-16/h8-12H,1-7H3,(H3,19,20,22,23,25)/t12-/m0/s1.